The van der Waals surface area contributed by atoms with Crippen LogP contribution >= 0.6 is 7.60 Å². The van der Waals surface area contributed by atoms with Crippen molar-refractivity contribution in [3.8, 4) is 5.75 Å². The molecule has 1 aliphatic rings. The number of carbonyl (C=O) groups excluding carboxylic acids is 1. The number of aromatic nitrogens is 2. The summed E-state index contributed by atoms with van der Waals surface area (Å²) >= 11 is 0. The smallest absolute Gasteiger partial charge is 0.362 e. The van der Waals surface area contributed by atoms with Gasteiger partial charge in [-0.15, -0.1) is 10.2 Å². The Bertz CT molecular complexity index is 1270. The Kier molecular flexibility index (Phi) is 8.41. The maximum absolute atomic E-state index is 13.7. The molecule has 3 atom stereocenters. The van der Waals surface area contributed by atoms with Gasteiger partial charge in [-0.2, -0.15) is 0 Å². The van der Waals surface area contributed by atoms with E-state index in [1.807, 2.05) is 26.0 Å². The Balaban J connectivity index is 1.59. The first-order chi connectivity index (χ1) is 17.7. The number of hydrazine groups is 1. The minimum Gasteiger partial charge on any atom is -0.508 e. The maximum atomic E-state index is 13.7. The van der Waals surface area contributed by atoms with Crippen molar-refractivity contribution in [2.45, 2.75) is 52.0 Å². The van der Waals surface area contributed by atoms with Gasteiger partial charge in [-0.3, -0.25) is 9.36 Å². The maximum Gasteiger partial charge on any atom is 0.362 e. The van der Waals surface area contributed by atoms with Gasteiger partial charge in [0.05, 0.1) is 19.3 Å². The summed E-state index contributed by atoms with van der Waals surface area (Å²) in [7, 11) is -3.92. The standard InChI is InChI=1S/C25H32N5O6P/c1-5-34-37(33,35-6-2)25(26-22(32)17-10-7-15(3)8-11-17)24-30-29-23(36-24)20-14-19(27-28-20)18-13-16(4)9-12-21(18)31/h7-13,19-20,25,27-28,31H,5-6,14H2,1-4H3,(H,26,32). The summed E-state index contributed by atoms with van der Waals surface area (Å²) < 4.78 is 30.7. The van der Waals surface area contributed by atoms with Crippen LogP contribution in [0.15, 0.2) is 46.9 Å². The third-order valence-electron chi connectivity index (χ3n) is 5.97. The number of phenolic OH excluding ortho intramolecular Hbond substituents is 1. The number of nitrogens with zero attached hydrogens (tertiary/aromatic N) is 2. The van der Waals surface area contributed by atoms with Crippen molar-refractivity contribution in [1.29, 1.82) is 0 Å². The van der Waals surface area contributed by atoms with E-state index in [2.05, 4.69) is 26.4 Å². The van der Waals surface area contributed by atoms with E-state index in [0.29, 0.717) is 12.0 Å². The van der Waals surface area contributed by atoms with Crippen LogP contribution in [0.25, 0.3) is 0 Å². The number of nitrogens with one attached hydrogen (secondary N) is 3. The van der Waals surface area contributed by atoms with E-state index >= 15 is 0 Å². The molecule has 11 nitrogen and oxygen atoms in total. The second-order valence-electron chi connectivity index (χ2n) is 8.79. The van der Waals surface area contributed by atoms with Gasteiger partial charge in [0.1, 0.15) is 11.8 Å². The fourth-order valence-corrected chi connectivity index (χ4v) is 5.85. The molecule has 1 aliphatic heterocycles. The van der Waals surface area contributed by atoms with E-state index in [9.17, 15) is 14.5 Å². The highest BCUT2D eigenvalue weighted by Crippen LogP contribution is 2.59. The summed E-state index contributed by atoms with van der Waals surface area (Å²) in [4.78, 5) is 13.0. The van der Waals surface area contributed by atoms with Gasteiger partial charge in [0.2, 0.25) is 11.7 Å². The number of aromatic hydroxyl groups is 1. The summed E-state index contributed by atoms with van der Waals surface area (Å²) in [6, 6.07) is 11.8. The average molecular weight is 530 g/mol. The van der Waals surface area contributed by atoms with E-state index in [1.54, 1.807) is 44.2 Å². The predicted molar refractivity (Wildman–Crippen MR) is 136 cm³/mol. The first kappa shape index (κ1) is 27.0. The van der Waals surface area contributed by atoms with E-state index < -0.39 is 25.3 Å². The topological polar surface area (TPSA) is 148 Å². The van der Waals surface area contributed by atoms with Crippen molar-refractivity contribution >= 4 is 13.5 Å². The van der Waals surface area contributed by atoms with Crippen LogP contribution in [0.1, 0.15) is 77.0 Å². The lowest BCUT2D eigenvalue weighted by Crippen LogP contribution is -2.30. The number of hydrogen-bond acceptors (Lipinski definition) is 10. The molecule has 2 aromatic carbocycles. The van der Waals surface area contributed by atoms with Gasteiger partial charge in [0, 0.05) is 11.1 Å². The summed E-state index contributed by atoms with van der Waals surface area (Å²) in [5.41, 5.74) is 9.39. The van der Waals surface area contributed by atoms with E-state index in [0.717, 1.165) is 16.7 Å². The van der Waals surface area contributed by atoms with Crippen LogP contribution in [0.4, 0.5) is 0 Å². The molecular formula is C25H32N5O6P. The normalized spacial score (nSPS) is 18.6. The third-order valence-corrected chi connectivity index (χ3v) is 8.18. The highest BCUT2D eigenvalue weighted by Gasteiger charge is 2.43. The molecule has 1 amide bonds. The van der Waals surface area contributed by atoms with Crippen LogP contribution in [0, 0.1) is 13.8 Å². The second kappa shape index (κ2) is 11.5. The molecule has 0 saturated carbocycles. The van der Waals surface area contributed by atoms with Crippen LogP contribution in [0.5, 0.6) is 5.75 Å². The van der Waals surface area contributed by atoms with Crippen molar-refractivity contribution < 1.29 is 27.9 Å². The molecule has 1 saturated heterocycles. The second-order valence-corrected chi connectivity index (χ2v) is 10.9. The minimum atomic E-state index is -3.92. The van der Waals surface area contributed by atoms with Gasteiger partial charge in [0.15, 0.2) is 0 Å². The SMILES string of the molecule is CCOP(=O)(OCC)C(NC(=O)c1ccc(C)cc1)c1nnc(C2CC(c3cc(C)ccc3O)NN2)o1. The molecule has 0 bridgehead atoms. The molecule has 198 valence electrons. The Morgan fingerprint density at radius 1 is 1.08 bits per heavy atom. The highest BCUT2D eigenvalue weighted by molar-refractivity contribution is 7.54. The van der Waals surface area contributed by atoms with Crippen LogP contribution < -0.4 is 16.2 Å². The van der Waals surface area contributed by atoms with Crippen LogP contribution in [-0.2, 0) is 13.6 Å². The number of amides is 1. The molecule has 3 aromatic rings. The molecule has 4 N–H and O–H groups in total. The zero-order valence-electron chi connectivity index (χ0n) is 21.2. The molecular weight excluding hydrogens is 497 g/mol. The number of phenols is 1. The van der Waals surface area contributed by atoms with Crippen LogP contribution in [0.2, 0.25) is 0 Å². The average Bonchev–Trinajstić information content (AvgIpc) is 3.54. The zero-order valence-corrected chi connectivity index (χ0v) is 22.1. The molecule has 0 aliphatic carbocycles. The van der Waals surface area contributed by atoms with Crippen molar-refractivity contribution in [2.75, 3.05) is 13.2 Å². The molecule has 0 radical (unpaired) electrons. The molecule has 4 rings (SSSR count). The summed E-state index contributed by atoms with van der Waals surface area (Å²) in [5.74, 6) is -1.48. The lowest BCUT2D eigenvalue weighted by atomic mass is 9.99. The zero-order chi connectivity index (χ0) is 26.6. The molecule has 1 fully saturated rings. The van der Waals surface area contributed by atoms with Crippen LogP contribution in [0.3, 0.4) is 0 Å². The molecule has 2 heterocycles. The number of aryl methyl sites for hydroxylation is 2. The molecule has 0 spiro atoms. The molecule has 3 unspecified atom stereocenters. The summed E-state index contributed by atoms with van der Waals surface area (Å²) in [5, 5.41) is 21.3. The lowest BCUT2D eigenvalue weighted by Gasteiger charge is -2.24. The van der Waals surface area contributed by atoms with E-state index in [1.165, 1.54) is 0 Å². The quantitative estimate of drug-likeness (QED) is 0.279. The van der Waals surface area contributed by atoms with Gasteiger partial charge in [-0.1, -0.05) is 35.4 Å². The molecule has 12 heteroatoms. The third kappa shape index (κ3) is 6.08. The Morgan fingerprint density at radius 3 is 2.41 bits per heavy atom. The highest BCUT2D eigenvalue weighted by atomic mass is 31.2. The minimum absolute atomic E-state index is 0.0882. The fourth-order valence-electron chi connectivity index (χ4n) is 4.11. The first-order valence-electron chi connectivity index (χ1n) is 12.1. The van der Waals surface area contributed by atoms with E-state index in [-0.39, 0.29) is 36.8 Å². The Labute approximate surface area is 215 Å². The van der Waals surface area contributed by atoms with Gasteiger partial charge in [-0.25, -0.2) is 10.9 Å². The summed E-state index contributed by atoms with van der Waals surface area (Å²) in [6.07, 6.45) is 0.508. The van der Waals surface area contributed by atoms with Gasteiger partial charge < -0.3 is 23.9 Å². The monoisotopic (exact) mass is 529 g/mol. The Hall–Kier alpha value is -3.08. The van der Waals surface area contributed by atoms with Crippen molar-refractivity contribution in [2.24, 2.45) is 0 Å². The van der Waals surface area contributed by atoms with Crippen molar-refractivity contribution in [3.05, 3.63) is 76.5 Å². The number of rotatable bonds is 10. The van der Waals surface area contributed by atoms with Crippen LogP contribution in [-0.4, -0.2) is 34.4 Å². The fraction of sp³-hybridized carbons (Fsp3) is 0.400. The number of benzene rings is 2. The van der Waals surface area contributed by atoms with Gasteiger partial charge >= 0.3 is 7.60 Å². The van der Waals surface area contributed by atoms with Gasteiger partial charge in [0.25, 0.3) is 11.8 Å². The largest absolute Gasteiger partial charge is 0.508 e. The predicted octanol–water partition coefficient (Wildman–Crippen LogP) is 4.37. The number of hydrogen-bond donors (Lipinski definition) is 4. The molecule has 1 aromatic heterocycles. The summed E-state index contributed by atoms with van der Waals surface area (Å²) in [6.45, 7) is 7.40. The first-order valence-corrected chi connectivity index (χ1v) is 13.8. The Morgan fingerprint density at radius 2 is 1.73 bits per heavy atom. The molecule has 37 heavy (non-hydrogen) atoms. The van der Waals surface area contributed by atoms with Crippen molar-refractivity contribution in [1.82, 2.24) is 26.4 Å². The van der Waals surface area contributed by atoms with Crippen molar-refractivity contribution in [3.63, 3.8) is 0 Å². The lowest BCUT2D eigenvalue weighted by molar-refractivity contribution is 0.0930. The number of carbonyl (C=O) groups is 1. The van der Waals surface area contributed by atoms with E-state index in [4.69, 9.17) is 13.5 Å². The van der Waals surface area contributed by atoms with Gasteiger partial charge in [-0.05, 0) is 52.3 Å².